The van der Waals surface area contributed by atoms with Crippen LogP contribution in [0.4, 0.5) is 24.5 Å². The van der Waals surface area contributed by atoms with Crippen LogP contribution in [0.25, 0.3) is 22.4 Å². The molecule has 0 aliphatic carbocycles. The predicted molar refractivity (Wildman–Crippen MR) is 171 cm³/mol. The molecule has 13 heteroatoms. The third kappa shape index (κ3) is 6.88. The van der Waals surface area contributed by atoms with Gasteiger partial charge >= 0.3 is 6.18 Å². The predicted octanol–water partition coefficient (Wildman–Crippen LogP) is 6.51. The highest BCUT2D eigenvalue weighted by molar-refractivity contribution is 6.04. The molecule has 10 nitrogen and oxygen atoms in total. The minimum atomic E-state index is -4.65. The first-order valence-electron chi connectivity index (χ1n) is 15.0. The van der Waals surface area contributed by atoms with Gasteiger partial charge in [-0.2, -0.15) is 18.2 Å². The van der Waals surface area contributed by atoms with Gasteiger partial charge in [-0.15, -0.1) is 0 Å². The van der Waals surface area contributed by atoms with Gasteiger partial charge in [-0.05, 0) is 73.9 Å². The van der Waals surface area contributed by atoms with E-state index in [1.54, 1.807) is 41.6 Å². The first kappa shape index (κ1) is 31.5. The van der Waals surface area contributed by atoms with Crippen molar-refractivity contribution in [3.63, 3.8) is 0 Å². The van der Waals surface area contributed by atoms with Crippen molar-refractivity contribution in [3.8, 4) is 23.0 Å². The summed E-state index contributed by atoms with van der Waals surface area (Å²) in [5, 5.41) is 5.44. The average Bonchev–Trinajstić information content (AvgIpc) is 3.42. The number of ether oxygens (including phenoxy) is 1. The second-order valence-electron chi connectivity index (χ2n) is 11.5. The maximum Gasteiger partial charge on any atom is 0.418 e. The summed E-state index contributed by atoms with van der Waals surface area (Å²) in [5.41, 5.74) is 2.17. The minimum Gasteiger partial charge on any atom is -0.437 e. The van der Waals surface area contributed by atoms with Gasteiger partial charge in [0.05, 0.1) is 11.1 Å². The van der Waals surface area contributed by atoms with Gasteiger partial charge in [0.1, 0.15) is 11.3 Å². The van der Waals surface area contributed by atoms with Gasteiger partial charge < -0.3 is 24.8 Å². The van der Waals surface area contributed by atoms with Gasteiger partial charge in [0.15, 0.2) is 5.82 Å². The fraction of sp³-hybridized carbons (Fsp3) is 0.265. The molecule has 4 heterocycles. The fourth-order valence-corrected chi connectivity index (χ4v) is 5.68. The molecular formula is C34H32F3N7O3. The van der Waals surface area contributed by atoms with Crippen molar-refractivity contribution in [2.45, 2.75) is 38.9 Å². The van der Waals surface area contributed by atoms with Crippen molar-refractivity contribution < 1.29 is 27.5 Å². The number of alkyl halides is 3. The van der Waals surface area contributed by atoms with Gasteiger partial charge in [-0.25, -0.2) is 4.98 Å². The summed E-state index contributed by atoms with van der Waals surface area (Å²) in [6.07, 6.45) is 1.54. The Bertz CT molecular complexity index is 1950. The molecule has 5 aromatic rings. The van der Waals surface area contributed by atoms with Crippen LogP contribution in [0.15, 0.2) is 73.2 Å². The molecule has 6 rings (SSSR count). The SMILES string of the molecule is CC(=O)NC1CCN(c2ccc(NC(=O)c3ccc(C)c(Oc4nc(-c5ccncc5)nc5ccn(C)c45)c3)cc2C(F)(F)F)CC1. The van der Waals surface area contributed by atoms with E-state index in [4.69, 9.17) is 4.74 Å². The number of amides is 2. The van der Waals surface area contributed by atoms with Gasteiger partial charge in [-0.3, -0.25) is 14.6 Å². The Balaban J connectivity index is 1.24. The third-order valence-corrected chi connectivity index (χ3v) is 8.09. The summed E-state index contributed by atoms with van der Waals surface area (Å²) in [6, 6.07) is 14.0. The lowest BCUT2D eigenvalue weighted by atomic mass is 10.0. The lowest BCUT2D eigenvalue weighted by Crippen LogP contribution is -2.44. The summed E-state index contributed by atoms with van der Waals surface area (Å²) in [6.45, 7) is 3.96. The highest BCUT2D eigenvalue weighted by Crippen LogP contribution is 2.39. The van der Waals surface area contributed by atoms with E-state index in [1.807, 2.05) is 30.8 Å². The van der Waals surface area contributed by atoms with E-state index in [-0.39, 0.29) is 34.8 Å². The first-order chi connectivity index (χ1) is 22.5. The van der Waals surface area contributed by atoms with E-state index in [2.05, 4.69) is 25.6 Å². The largest absolute Gasteiger partial charge is 0.437 e. The molecule has 2 amide bonds. The number of halogens is 3. The highest BCUT2D eigenvalue weighted by Gasteiger charge is 2.36. The number of carbonyl (C=O) groups is 2. The lowest BCUT2D eigenvalue weighted by Gasteiger charge is -2.35. The Hall–Kier alpha value is -5.46. The highest BCUT2D eigenvalue weighted by atomic mass is 19.4. The second kappa shape index (κ2) is 12.7. The molecule has 1 saturated heterocycles. The number of nitrogens with zero attached hydrogens (tertiary/aromatic N) is 5. The van der Waals surface area contributed by atoms with Crippen molar-refractivity contribution in [2.24, 2.45) is 7.05 Å². The summed E-state index contributed by atoms with van der Waals surface area (Å²) in [5.74, 6) is 0.309. The van der Waals surface area contributed by atoms with E-state index < -0.39 is 17.6 Å². The zero-order chi connectivity index (χ0) is 33.3. The number of nitrogens with one attached hydrogen (secondary N) is 2. The van der Waals surface area contributed by atoms with Crippen LogP contribution in [0.2, 0.25) is 0 Å². The van der Waals surface area contributed by atoms with E-state index in [1.165, 1.54) is 25.1 Å². The van der Waals surface area contributed by atoms with E-state index in [0.717, 1.165) is 17.2 Å². The van der Waals surface area contributed by atoms with E-state index >= 15 is 0 Å². The van der Waals surface area contributed by atoms with Gasteiger partial charge in [0, 0.05) is 74.2 Å². The lowest BCUT2D eigenvalue weighted by molar-refractivity contribution is -0.137. The number of benzene rings is 2. The van der Waals surface area contributed by atoms with Gasteiger partial charge in [0.25, 0.3) is 5.91 Å². The number of piperidine rings is 1. The Labute approximate surface area is 268 Å². The number of fused-ring (bicyclic) bond motifs is 1. The molecule has 0 bridgehead atoms. The number of anilines is 2. The van der Waals surface area contributed by atoms with Crippen LogP contribution in [0.3, 0.4) is 0 Å². The van der Waals surface area contributed by atoms with E-state index in [9.17, 15) is 22.8 Å². The van der Waals surface area contributed by atoms with Gasteiger partial charge in [0.2, 0.25) is 11.8 Å². The second-order valence-corrected chi connectivity index (χ2v) is 11.5. The van der Waals surface area contributed by atoms with Crippen LogP contribution in [0, 0.1) is 6.92 Å². The Morgan fingerprint density at radius 2 is 1.72 bits per heavy atom. The summed E-state index contributed by atoms with van der Waals surface area (Å²) < 4.78 is 50.8. The van der Waals surface area contributed by atoms with Crippen molar-refractivity contribution in [2.75, 3.05) is 23.3 Å². The number of pyridine rings is 1. The number of carbonyl (C=O) groups excluding carboxylic acids is 2. The molecule has 1 fully saturated rings. The van der Waals surface area contributed by atoms with Crippen molar-refractivity contribution in [1.29, 1.82) is 0 Å². The van der Waals surface area contributed by atoms with Crippen LogP contribution in [-0.2, 0) is 18.0 Å². The van der Waals surface area contributed by atoms with Crippen LogP contribution in [-0.4, -0.2) is 50.5 Å². The quantitative estimate of drug-likeness (QED) is 0.208. The normalized spacial score (nSPS) is 13.9. The fourth-order valence-electron chi connectivity index (χ4n) is 5.68. The maximum atomic E-state index is 14.2. The topological polar surface area (TPSA) is 114 Å². The molecule has 1 aliphatic rings. The smallest absolute Gasteiger partial charge is 0.418 e. The van der Waals surface area contributed by atoms with Crippen LogP contribution >= 0.6 is 0 Å². The molecule has 2 aromatic carbocycles. The number of aryl methyl sites for hydroxylation is 2. The molecule has 0 atom stereocenters. The Morgan fingerprint density at radius 1 is 0.979 bits per heavy atom. The molecule has 47 heavy (non-hydrogen) atoms. The minimum absolute atomic E-state index is 0.00515. The zero-order valence-corrected chi connectivity index (χ0v) is 25.9. The summed E-state index contributed by atoms with van der Waals surface area (Å²) in [4.78, 5) is 39.8. The third-order valence-electron chi connectivity index (χ3n) is 8.09. The van der Waals surface area contributed by atoms with Crippen LogP contribution in [0.5, 0.6) is 11.6 Å². The Kier molecular flexibility index (Phi) is 8.54. The molecule has 0 saturated carbocycles. The Morgan fingerprint density at radius 3 is 2.43 bits per heavy atom. The molecule has 0 radical (unpaired) electrons. The number of aromatic nitrogens is 4. The molecule has 2 N–H and O–H groups in total. The zero-order valence-electron chi connectivity index (χ0n) is 25.9. The number of rotatable bonds is 7. The standard InChI is InChI=1S/C34H32F3N7O3/c1-20-4-5-23(18-29(20)47-33-30-27(12-15-43(30)3)41-31(42-33)22-8-13-38-14-9-22)32(46)40-25-6-7-28(26(19-25)34(35,36)37)44-16-10-24(11-17-44)39-21(2)45/h4-9,12-15,18-19,24H,10-11,16-17H2,1-3H3,(H,39,45)(H,40,46). The molecule has 0 unspecified atom stereocenters. The monoisotopic (exact) mass is 643 g/mol. The number of hydrogen-bond acceptors (Lipinski definition) is 7. The molecule has 1 aliphatic heterocycles. The average molecular weight is 644 g/mol. The van der Waals surface area contributed by atoms with Crippen molar-refractivity contribution >= 4 is 34.2 Å². The van der Waals surface area contributed by atoms with Crippen molar-refractivity contribution in [1.82, 2.24) is 24.8 Å². The first-order valence-corrected chi connectivity index (χ1v) is 15.0. The van der Waals surface area contributed by atoms with Crippen molar-refractivity contribution in [3.05, 3.63) is 89.9 Å². The van der Waals surface area contributed by atoms with Gasteiger partial charge in [-0.1, -0.05) is 6.07 Å². The summed E-state index contributed by atoms with van der Waals surface area (Å²) >= 11 is 0. The molecule has 242 valence electrons. The summed E-state index contributed by atoms with van der Waals surface area (Å²) in [7, 11) is 1.84. The number of hydrogen-bond donors (Lipinski definition) is 2. The maximum absolute atomic E-state index is 14.2. The molecule has 3 aromatic heterocycles. The molecule has 0 spiro atoms. The van der Waals surface area contributed by atoms with Crippen LogP contribution < -0.4 is 20.3 Å². The molecular weight excluding hydrogens is 611 g/mol. The van der Waals surface area contributed by atoms with E-state index in [0.29, 0.717) is 48.5 Å². The van der Waals surface area contributed by atoms with Crippen LogP contribution in [0.1, 0.15) is 41.3 Å².